The first kappa shape index (κ1) is 11.0. The van der Waals surface area contributed by atoms with Gasteiger partial charge in [0.1, 0.15) is 0 Å². The summed E-state index contributed by atoms with van der Waals surface area (Å²) < 4.78 is 0. The van der Waals surface area contributed by atoms with Crippen LogP contribution >= 0.6 is 0 Å². The fourth-order valence-corrected chi connectivity index (χ4v) is 2.52. The molecule has 0 radical (unpaired) electrons. The lowest BCUT2D eigenvalue weighted by molar-refractivity contribution is 0.248. The summed E-state index contributed by atoms with van der Waals surface area (Å²) >= 11 is 0. The Bertz CT molecular complexity index is 122. The Morgan fingerprint density at radius 3 is 2.62 bits per heavy atom. The molecule has 0 aromatic heterocycles. The highest BCUT2D eigenvalue weighted by atomic mass is 14.8. The molecule has 1 fully saturated rings. The van der Waals surface area contributed by atoms with E-state index >= 15 is 0 Å². The highest BCUT2D eigenvalue weighted by molar-refractivity contribution is 4.72. The Labute approximate surface area is 83.3 Å². The van der Waals surface area contributed by atoms with Gasteiger partial charge in [-0.15, -0.1) is 0 Å². The molecule has 0 aliphatic heterocycles. The van der Waals surface area contributed by atoms with Crippen molar-refractivity contribution in [2.45, 2.75) is 52.4 Å². The van der Waals surface area contributed by atoms with Gasteiger partial charge in [-0.05, 0) is 37.8 Å². The van der Waals surface area contributed by atoms with E-state index in [0.717, 1.165) is 18.4 Å². The second kappa shape index (κ2) is 6.42. The molecule has 0 saturated heterocycles. The average Bonchev–Trinajstić information content (AvgIpc) is 2.19. The van der Waals surface area contributed by atoms with Gasteiger partial charge in [0.05, 0.1) is 0 Å². The van der Waals surface area contributed by atoms with Gasteiger partial charge in [-0.1, -0.05) is 39.5 Å². The van der Waals surface area contributed by atoms with Crippen LogP contribution in [0, 0.1) is 11.8 Å². The van der Waals surface area contributed by atoms with Crippen molar-refractivity contribution in [3.05, 3.63) is 0 Å². The topological polar surface area (TPSA) is 12.0 Å². The fraction of sp³-hybridized carbons (Fsp3) is 1.00. The summed E-state index contributed by atoms with van der Waals surface area (Å²) in [4.78, 5) is 0. The van der Waals surface area contributed by atoms with Gasteiger partial charge in [0.2, 0.25) is 0 Å². The van der Waals surface area contributed by atoms with Crippen molar-refractivity contribution in [2.75, 3.05) is 13.1 Å². The largest absolute Gasteiger partial charge is 0.317 e. The molecular weight excluding hydrogens is 158 g/mol. The SMILES string of the molecule is CCNCCC1CCCC(CC)C1. The normalized spacial score (nSPS) is 29.1. The van der Waals surface area contributed by atoms with Gasteiger partial charge in [0, 0.05) is 0 Å². The van der Waals surface area contributed by atoms with Crippen LogP contribution in [0.2, 0.25) is 0 Å². The third-order valence-corrected chi connectivity index (χ3v) is 3.45. The summed E-state index contributed by atoms with van der Waals surface area (Å²) in [6.07, 6.45) is 8.77. The molecule has 1 N–H and O–H groups in total. The molecule has 1 heteroatoms. The molecule has 0 amide bonds. The zero-order valence-corrected chi connectivity index (χ0v) is 9.31. The minimum atomic E-state index is 1.03. The van der Waals surface area contributed by atoms with E-state index in [1.165, 1.54) is 45.1 Å². The Kier molecular flexibility index (Phi) is 5.45. The van der Waals surface area contributed by atoms with Gasteiger partial charge in [-0.25, -0.2) is 0 Å². The zero-order chi connectivity index (χ0) is 9.52. The van der Waals surface area contributed by atoms with Gasteiger partial charge in [-0.2, -0.15) is 0 Å². The van der Waals surface area contributed by atoms with E-state index in [-0.39, 0.29) is 0 Å². The smallest absolute Gasteiger partial charge is 0.00464 e. The third-order valence-electron chi connectivity index (χ3n) is 3.45. The van der Waals surface area contributed by atoms with Crippen molar-refractivity contribution in [3.8, 4) is 0 Å². The summed E-state index contributed by atoms with van der Waals surface area (Å²) in [5.74, 6) is 2.07. The van der Waals surface area contributed by atoms with Crippen molar-refractivity contribution in [2.24, 2.45) is 11.8 Å². The van der Waals surface area contributed by atoms with Crippen LogP contribution in [0.5, 0.6) is 0 Å². The molecule has 0 spiro atoms. The van der Waals surface area contributed by atoms with E-state index < -0.39 is 0 Å². The molecule has 1 nitrogen and oxygen atoms in total. The van der Waals surface area contributed by atoms with Crippen LogP contribution in [0.3, 0.4) is 0 Å². The van der Waals surface area contributed by atoms with Gasteiger partial charge >= 0.3 is 0 Å². The van der Waals surface area contributed by atoms with E-state index in [9.17, 15) is 0 Å². The molecule has 0 bridgehead atoms. The lowest BCUT2D eigenvalue weighted by Crippen LogP contribution is -2.21. The molecule has 1 rings (SSSR count). The van der Waals surface area contributed by atoms with Crippen LogP contribution in [-0.2, 0) is 0 Å². The standard InChI is InChI=1S/C12H25N/c1-3-11-6-5-7-12(10-11)8-9-13-4-2/h11-13H,3-10H2,1-2H3. The summed E-state index contributed by atoms with van der Waals surface area (Å²) in [7, 11) is 0. The van der Waals surface area contributed by atoms with Crippen LogP contribution < -0.4 is 5.32 Å². The highest BCUT2D eigenvalue weighted by Gasteiger charge is 2.19. The minimum absolute atomic E-state index is 1.03. The summed E-state index contributed by atoms with van der Waals surface area (Å²) in [5.41, 5.74) is 0. The van der Waals surface area contributed by atoms with E-state index in [2.05, 4.69) is 19.2 Å². The van der Waals surface area contributed by atoms with E-state index in [1.54, 1.807) is 0 Å². The van der Waals surface area contributed by atoms with Crippen LogP contribution in [0.25, 0.3) is 0 Å². The first-order valence-electron chi connectivity index (χ1n) is 6.07. The maximum Gasteiger partial charge on any atom is -0.00464 e. The average molecular weight is 183 g/mol. The van der Waals surface area contributed by atoms with Crippen LogP contribution in [0.4, 0.5) is 0 Å². The molecule has 1 aliphatic rings. The number of hydrogen-bond acceptors (Lipinski definition) is 1. The lowest BCUT2D eigenvalue weighted by atomic mass is 9.79. The van der Waals surface area contributed by atoms with E-state index in [1.807, 2.05) is 0 Å². The van der Waals surface area contributed by atoms with E-state index in [4.69, 9.17) is 0 Å². The summed E-state index contributed by atoms with van der Waals surface area (Å²) in [6.45, 7) is 6.90. The van der Waals surface area contributed by atoms with E-state index in [0.29, 0.717) is 0 Å². The van der Waals surface area contributed by atoms with Crippen LogP contribution in [-0.4, -0.2) is 13.1 Å². The molecule has 0 heterocycles. The van der Waals surface area contributed by atoms with Crippen molar-refractivity contribution in [1.29, 1.82) is 0 Å². The highest BCUT2D eigenvalue weighted by Crippen LogP contribution is 2.32. The predicted molar refractivity (Wildman–Crippen MR) is 58.9 cm³/mol. The Hall–Kier alpha value is -0.0400. The fourth-order valence-electron chi connectivity index (χ4n) is 2.52. The second-order valence-electron chi connectivity index (χ2n) is 4.45. The van der Waals surface area contributed by atoms with Gasteiger partial charge in [-0.3, -0.25) is 0 Å². The summed E-state index contributed by atoms with van der Waals surface area (Å²) in [5, 5.41) is 3.43. The van der Waals surface area contributed by atoms with Crippen molar-refractivity contribution in [1.82, 2.24) is 5.32 Å². The van der Waals surface area contributed by atoms with Crippen molar-refractivity contribution >= 4 is 0 Å². The Morgan fingerprint density at radius 1 is 1.15 bits per heavy atom. The monoisotopic (exact) mass is 183 g/mol. The minimum Gasteiger partial charge on any atom is -0.317 e. The molecule has 13 heavy (non-hydrogen) atoms. The molecule has 2 atom stereocenters. The zero-order valence-electron chi connectivity index (χ0n) is 9.31. The quantitative estimate of drug-likeness (QED) is 0.645. The van der Waals surface area contributed by atoms with Crippen molar-refractivity contribution in [3.63, 3.8) is 0 Å². The van der Waals surface area contributed by atoms with Gasteiger partial charge < -0.3 is 5.32 Å². The van der Waals surface area contributed by atoms with Crippen LogP contribution in [0.1, 0.15) is 52.4 Å². The first-order chi connectivity index (χ1) is 6.36. The Morgan fingerprint density at radius 2 is 1.92 bits per heavy atom. The van der Waals surface area contributed by atoms with Gasteiger partial charge in [0.15, 0.2) is 0 Å². The van der Waals surface area contributed by atoms with Gasteiger partial charge in [0.25, 0.3) is 0 Å². The molecule has 78 valence electrons. The molecular formula is C12H25N. The number of nitrogens with one attached hydrogen (secondary N) is 1. The molecule has 1 aliphatic carbocycles. The Balaban J connectivity index is 2.11. The molecule has 0 aromatic rings. The first-order valence-corrected chi connectivity index (χ1v) is 6.07. The van der Waals surface area contributed by atoms with Crippen LogP contribution in [0.15, 0.2) is 0 Å². The lowest BCUT2D eigenvalue weighted by Gasteiger charge is -2.28. The van der Waals surface area contributed by atoms with Crippen molar-refractivity contribution < 1.29 is 0 Å². The molecule has 2 unspecified atom stereocenters. The number of hydrogen-bond donors (Lipinski definition) is 1. The second-order valence-corrected chi connectivity index (χ2v) is 4.45. The third kappa shape index (κ3) is 4.12. The molecule has 0 aromatic carbocycles. The summed E-state index contributed by atoms with van der Waals surface area (Å²) in [6, 6.07) is 0. The maximum absolute atomic E-state index is 3.43. The predicted octanol–water partition coefficient (Wildman–Crippen LogP) is 3.20. The molecule has 1 saturated carbocycles. The number of rotatable bonds is 5. The maximum atomic E-state index is 3.43.